The molecule has 0 spiro atoms. The fourth-order valence-electron chi connectivity index (χ4n) is 1.76. The van der Waals surface area contributed by atoms with Crippen LogP contribution in [0.1, 0.15) is 16.7 Å². The minimum absolute atomic E-state index is 0.452. The van der Waals surface area contributed by atoms with E-state index in [0.717, 1.165) is 5.56 Å². The first-order valence-corrected chi connectivity index (χ1v) is 5.94. The quantitative estimate of drug-likeness (QED) is 0.850. The molecule has 4 nitrogen and oxygen atoms in total. The Morgan fingerprint density at radius 1 is 0.900 bits per heavy atom. The molecule has 0 saturated carbocycles. The lowest BCUT2D eigenvalue weighted by Gasteiger charge is -2.11. The van der Waals surface area contributed by atoms with E-state index in [4.69, 9.17) is 20.0 Å². The molecule has 0 atom stereocenters. The van der Waals surface area contributed by atoms with Crippen molar-refractivity contribution in [2.45, 2.75) is 6.92 Å². The van der Waals surface area contributed by atoms with E-state index in [1.54, 1.807) is 30.3 Å². The van der Waals surface area contributed by atoms with Gasteiger partial charge in [0, 0.05) is 6.07 Å². The first kappa shape index (κ1) is 13.5. The summed E-state index contributed by atoms with van der Waals surface area (Å²) >= 11 is 0. The minimum atomic E-state index is 0.452. The Bertz CT molecular complexity index is 724. The van der Waals surface area contributed by atoms with E-state index < -0.39 is 0 Å². The Morgan fingerprint density at radius 2 is 1.65 bits per heavy atom. The number of aryl methyl sites for hydroxylation is 1. The van der Waals surface area contributed by atoms with Gasteiger partial charge in [0.1, 0.15) is 11.8 Å². The van der Waals surface area contributed by atoms with E-state index >= 15 is 0 Å². The molecule has 0 heterocycles. The Kier molecular flexibility index (Phi) is 3.88. The molecule has 0 saturated heterocycles. The van der Waals surface area contributed by atoms with E-state index in [-0.39, 0.29) is 0 Å². The van der Waals surface area contributed by atoms with Crippen molar-refractivity contribution in [2.75, 3.05) is 7.11 Å². The summed E-state index contributed by atoms with van der Waals surface area (Å²) in [5.41, 5.74) is 1.93. The molecule has 0 radical (unpaired) electrons. The van der Waals surface area contributed by atoms with Crippen LogP contribution in [-0.2, 0) is 0 Å². The zero-order chi connectivity index (χ0) is 14.5. The van der Waals surface area contributed by atoms with Gasteiger partial charge in [0.2, 0.25) is 0 Å². The maximum atomic E-state index is 9.13. The van der Waals surface area contributed by atoms with Crippen LogP contribution in [0.2, 0.25) is 0 Å². The number of hydrogen-bond acceptors (Lipinski definition) is 4. The van der Waals surface area contributed by atoms with Crippen molar-refractivity contribution in [1.29, 1.82) is 10.5 Å². The Labute approximate surface area is 117 Å². The van der Waals surface area contributed by atoms with Crippen molar-refractivity contribution in [1.82, 2.24) is 0 Å². The molecule has 0 amide bonds. The number of rotatable bonds is 3. The zero-order valence-corrected chi connectivity index (χ0v) is 11.2. The zero-order valence-electron chi connectivity index (χ0n) is 11.2. The van der Waals surface area contributed by atoms with Gasteiger partial charge in [0.15, 0.2) is 11.5 Å². The van der Waals surface area contributed by atoms with Crippen LogP contribution in [0.15, 0.2) is 36.4 Å². The van der Waals surface area contributed by atoms with Crippen molar-refractivity contribution >= 4 is 0 Å². The monoisotopic (exact) mass is 264 g/mol. The highest BCUT2D eigenvalue weighted by atomic mass is 16.5. The van der Waals surface area contributed by atoms with Gasteiger partial charge in [0.05, 0.1) is 24.3 Å². The van der Waals surface area contributed by atoms with E-state index in [1.165, 1.54) is 7.11 Å². The average Bonchev–Trinajstić information content (AvgIpc) is 2.49. The molecule has 0 fully saturated rings. The summed E-state index contributed by atoms with van der Waals surface area (Å²) in [5, 5.41) is 18.0. The van der Waals surface area contributed by atoms with Gasteiger partial charge in [-0.25, -0.2) is 0 Å². The summed E-state index contributed by atoms with van der Waals surface area (Å²) in [6.07, 6.45) is 0. The highest BCUT2D eigenvalue weighted by molar-refractivity contribution is 5.52. The van der Waals surface area contributed by atoms with Crippen molar-refractivity contribution < 1.29 is 9.47 Å². The summed E-state index contributed by atoms with van der Waals surface area (Å²) in [7, 11) is 1.50. The van der Waals surface area contributed by atoms with E-state index in [0.29, 0.717) is 28.4 Å². The highest BCUT2D eigenvalue weighted by Gasteiger charge is 2.10. The van der Waals surface area contributed by atoms with Crippen LogP contribution in [0, 0.1) is 29.6 Å². The summed E-state index contributed by atoms with van der Waals surface area (Å²) in [4.78, 5) is 0. The molecule has 0 unspecified atom stereocenters. The normalized spacial score (nSPS) is 9.40. The fraction of sp³-hybridized carbons (Fsp3) is 0.125. The molecular formula is C16H12N2O2. The summed E-state index contributed by atoms with van der Waals surface area (Å²) in [5.74, 6) is 1.38. The molecule has 0 aliphatic carbocycles. The third-order valence-electron chi connectivity index (χ3n) is 2.77. The van der Waals surface area contributed by atoms with Gasteiger partial charge in [-0.05, 0) is 36.8 Å². The minimum Gasteiger partial charge on any atom is -0.493 e. The third kappa shape index (κ3) is 2.71. The molecule has 2 rings (SSSR count). The molecule has 0 aliphatic heterocycles. The molecule has 20 heavy (non-hydrogen) atoms. The number of nitriles is 2. The van der Waals surface area contributed by atoms with E-state index in [2.05, 4.69) is 6.07 Å². The number of methoxy groups -OCH3 is 1. The number of benzene rings is 2. The van der Waals surface area contributed by atoms with Gasteiger partial charge in [-0.15, -0.1) is 0 Å². The Balaban J connectivity index is 2.41. The third-order valence-corrected chi connectivity index (χ3v) is 2.77. The first-order valence-electron chi connectivity index (χ1n) is 5.94. The highest BCUT2D eigenvalue weighted by Crippen LogP contribution is 2.33. The second-order valence-corrected chi connectivity index (χ2v) is 4.19. The Morgan fingerprint density at radius 3 is 2.30 bits per heavy atom. The topological polar surface area (TPSA) is 66.0 Å². The number of hydrogen-bond donors (Lipinski definition) is 0. The second kappa shape index (κ2) is 5.77. The maximum absolute atomic E-state index is 9.13. The van der Waals surface area contributed by atoms with Crippen LogP contribution in [0.4, 0.5) is 0 Å². The molecule has 2 aromatic rings. The van der Waals surface area contributed by atoms with Gasteiger partial charge in [-0.3, -0.25) is 0 Å². The van der Waals surface area contributed by atoms with Gasteiger partial charge in [0.25, 0.3) is 0 Å². The van der Waals surface area contributed by atoms with E-state index in [9.17, 15) is 0 Å². The molecular weight excluding hydrogens is 252 g/mol. The van der Waals surface area contributed by atoms with Crippen molar-refractivity contribution in [2.24, 2.45) is 0 Å². The molecule has 0 N–H and O–H groups in total. The van der Waals surface area contributed by atoms with Crippen LogP contribution < -0.4 is 9.47 Å². The van der Waals surface area contributed by atoms with Gasteiger partial charge < -0.3 is 9.47 Å². The van der Waals surface area contributed by atoms with Crippen molar-refractivity contribution in [3.05, 3.63) is 53.1 Å². The summed E-state index contributed by atoms with van der Waals surface area (Å²) in [6.45, 7) is 1.91. The largest absolute Gasteiger partial charge is 0.493 e. The Hall–Kier alpha value is -2.98. The summed E-state index contributed by atoms with van der Waals surface area (Å²) in [6, 6.07) is 14.4. The van der Waals surface area contributed by atoms with Gasteiger partial charge in [-0.1, -0.05) is 6.07 Å². The van der Waals surface area contributed by atoms with Gasteiger partial charge >= 0.3 is 0 Å². The predicted octanol–water partition coefficient (Wildman–Crippen LogP) is 3.54. The van der Waals surface area contributed by atoms with Crippen LogP contribution >= 0.6 is 0 Å². The average molecular weight is 264 g/mol. The maximum Gasteiger partial charge on any atom is 0.169 e. The molecule has 4 heteroatoms. The standard InChI is InChI=1S/C16H12N2O2/c1-11-3-5-14(13(7-11)10-18)20-15-6-4-12(9-17)8-16(15)19-2/h3-8H,1-2H3. The van der Waals surface area contributed by atoms with E-state index in [1.807, 2.05) is 19.1 Å². The smallest absolute Gasteiger partial charge is 0.169 e. The molecule has 0 bridgehead atoms. The van der Waals surface area contributed by atoms with Crippen LogP contribution in [0.25, 0.3) is 0 Å². The SMILES string of the molecule is COc1cc(C#N)ccc1Oc1ccc(C)cc1C#N. The molecule has 2 aromatic carbocycles. The summed E-state index contributed by atoms with van der Waals surface area (Å²) < 4.78 is 10.9. The van der Waals surface area contributed by atoms with Gasteiger partial charge in [-0.2, -0.15) is 10.5 Å². The lowest BCUT2D eigenvalue weighted by Crippen LogP contribution is -1.93. The number of nitrogens with zero attached hydrogens (tertiary/aromatic N) is 2. The lowest BCUT2D eigenvalue weighted by molar-refractivity contribution is 0.378. The molecule has 98 valence electrons. The second-order valence-electron chi connectivity index (χ2n) is 4.19. The first-order chi connectivity index (χ1) is 9.67. The molecule has 0 aromatic heterocycles. The molecule has 0 aliphatic rings. The van der Waals surface area contributed by atoms with Crippen molar-refractivity contribution in [3.8, 4) is 29.4 Å². The lowest BCUT2D eigenvalue weighted by atomic mass is 10.1. The predicted molar refractivity (Wildman–Crippen MR) is 73.7 cm³/mol. The van der Waals surface area contributed by atoms with Crippen LogP contribution in [0.3, 0.4) is 0 Å². The number of ether oxygens (including phenoxy) is 2. The van der Waals surface area contributed by atoms with Crippen LogP contribution in [0.5, 0.6) is 17.2 Å². The van der Waals surface area contributed by atoms with Crippen molar-refractivity contribution in [3.63, 3.8) is 0 Å². The van der Waals surface area contributed by atoms with Crippen LogP contribution in [-0.4, -0.2) is 7.11 Å². The fourth-order valence-corrected chi connectivity index (χ4v) is 1.76.